The Morgan fingerprint density at radius 2 is 1.71 bits per heavy atom. The highest BCUT2D eigenvalue weighted by Gasteiger charge is 2.09. The fraction of sp³-hybridized carbons (Fsp3) is 0.111. The van der Waals surface area contributed by atoms with E-state index in [9.17, 15) is 4.79 Å². The maximum Gasteiger partial charge on any atom is 0.271 e. The number of hydrogen-bond donors (Lipinski definition) is 1. The number of carbonyl (C=O) groups excluding carboxylic acids is 1. The van der Waals surface area contributed by atoms with Gasteiger partial charge >= 0.3 is 0 Å². The summed E-state index contributed by atoms with van der Waals surface area (Å²) in [4.78, 5) is 12.1. The van der Waals surface area contributed by atoms with Gasteiger partial charge in [-0.2, -0.15) is 5.10 Å². The third kappa shape index (κ3) is 5.14. The Hall–Kier alpha value is -2.79. The second-order valence-electron chi connectivity index (χ2n) is 4.74. The van der Waals surface area contributed by atoms with Crippen LogP contribution in [0, 0.1) is 0 Å². The summed E-state index contributed by atoms with van der Waals surface area (Å²) in [5, 5.41) is 4.24. The van der Waals surface area contributed by atoms with Crippen LogP contribution in [0.2, 0.25) is 0 Å². The van der Waals surface area contributed by atoms with E-state index in [1.54, 1.807) is 24.3 Å². The molecular formula is C18H17ClN2O3. The number of methoxy groups -OCH3 is 2. The molecule has 0 aromatic heterocycles. The molecule has 0 heterocycles. The summed E-state index contributed by atoms with van der Waals surface area (Å²) in [7, 11) is 3.03. The fourth-order valence-corrected chi connectivity index (χ4v) is 2.08. The molecule has 0 saturated carbocycles. The minimum Gasteiger partial charge on any atom is -0.497 e. The Kier molecular flexibility index (Phi) is 6.40. The van der Waals surface area contributed by atoms with Crippen LogP contribution in [0.15, 0.2) is 58.7 Å². The van der Waals surface area contributed by atoms with E-state index >= 15 is 0 Å². The first-order chi connectivity index (χ1) is 11.6. The highest BCUT2D eigenvalue weighted by atomic mass is 35.5. The van der Waals surface area contributed by atoms with Crippen LogP contribution >= 0.6 is 11.6 Å². The van der Waals surface area contributed by atoms with Gasteiger partial charge in [0.2, 0.25) is 0 Å². The van der Waals surface area contributed by atoms with Crippen molar-refractivity contribution >= 4 is 29.8 Å². The standard InChI is InChI=1S/C18H17ClN2O3/c1-23-16-9-14(10-17(11-16)24-2)18(22)21-20-12-15(19)8-13-6-4-3-5-7-13/h3-12H,1-2H3,(H,21,22)/b15-8-,20-12-. The van der Waals surface area contributed by atoms with Crippen molar-refractivity contribution < 1.29 is 14.3 Å². The lowest BCUT2D eigenvalue weighted by molar-refractivity contribution is 0.0954. The number of allylic oxidation sites excluding steroid dienone is 1. The Balaban J connectivity index is 2.03. The highest BCUT2D eigenvalue weighted by Crippen LogP contribution is 2.22. The zero-order chi connectivity index (χ0) is 17.4. The molecule has 6 heteroatoms. The van der Waals surface area contributed by atoms with Crippen molar-refractivity contribution in [1.82, 2.24) is 5.43 Å². The molecule has 2 rings (SSSR count). The maximum atomic E-state index is 12.1. The smallest absolute Gasteiger partial charge is 0.271 e. The average molecular weight is 345 g/mol. The monoisotopic (exact) mass is 344 g/mol. The van der Waals surface area contributed by atoms with Crippen molar-refractivity contribution in [2.24, 2.45) is 5.10 Å². The largest absolute Gasteiger partial charge is 0.497 e. The third-order valence-corrected chi connectivity index (χ3v) is 3.28. The third-order valence-electron chi connectivity index (χ3n) is 3.07. The van der Waals surface area contributed by atoms with Gasteiger partial charge in [-0.05, 0) is 23.8 Å². The van der Waals surface area contributed by atoms with Gasteiger partial charge in [0, 0.05) is 11.6 Å². The first-order valence-electron chi connectivity index (χ1n) is 7.11. The lowest BCUT2D eigenvalue weighted by atomic mass is 10.2. The van der Waals surface area contributed by atoms with Crippen LogP contribution in [0.3, 0.4) is 0 Å². The van der Waals surface area contributed by atoms with Crippen LogP contribution in [-0.4, -0.2) is 26.3 Å². The van der Waals surface area contributed by atoms with E-state index in [4.69, 9.17) is 21.1 Å². The van der Waals surface area contributed by atoms with Crippen LogP contribution in [0.5, 0.6) is 11.5 Å². The van der Waals surface area contributed by atoms with Crippen LogP contribution in [0.1, 0.15) is 15.9 Å². The van der Waals surface area contributed by atoms with E-state index in [1.807, 2.05) is 30.3 Å². The van der Waals surface area contributed by atoms with Crippen LogP contribution in [-0.2, 0) is 0 Å². The number of carbonyl (C=O) groups is 1. The molecule has 0 aliphatic heterocycles. The van der Waals surface area contributed by atoms with Gasteiger partial charge in [-0.15, -0.1) is 0 Å². The number of halogens is 1. The number of hydrogen-bond acceptors (Lipinski definition) is 4. The van der Waals surface area contributed by atoms with E-state index < -0.39 is 5.91 Å². The number of amides is 1. The molecule has 2 aromatic carbocycles. The molecule has 2 aromatic rings. The SMILES string of the molecule is COc1cc(OC)cc(C(=O)N/N=C\C(Cl)=C\c2ccccc2)c1. The summed E-state index contributed by atoms with van der Waals surface area (Å²) in [5.74, 6) is 0.642. The van der Waals surface area contributed by atoms with E-state index in [1.165, 1.54) is 20.4 Å². The van der Waals surface area contributed by atoms with E-state index in [0.29, 0.717) is 22.1 Å². The van der Waals surface area contributed by atoms with Crippen LogP contribution in [0.25, 0.3) is 6.08 Å². The summed E-state index contributed by atoms with van der Waals surface area (Å²) < 4.78 is 10.3. The van der Waals surface area contributed by atoms with Gasteiger partial charge in [-0.3, -0.25) is 4.79 Å². The van der Waals surface area contributed by atoms with Crippen molar-refractivity contribution in [3.8, 4) is 11.5 Å². The summed E-state index contributed by atoms with van der Waals surface area (Å²) in [6.45, 7) is 0. The second kappa shape index (κ2) is 8.74. The second-order valence-corrected chi connectivity index (χ2v) is 5.18. The fourth-order valence-electron chi connectivity index (χ4n) is 1.90. The first kappa shape index (κ1) is 17.6. The van der Waals surface area contributed by atoms with Gasteiger partial charge in [-0.25, -0.2) is 5.43 Å². The van der Waals surface area contributed by atoms with E-state index in [-0.39, 0.29) is 0 Å². The Bertz CT molecular complexity index is 736. The number of nitrogens with zero attached hydrogens (tertiary/aromatic N) is 1. The number of ether oxygens (including phenoxy) is 2. The molecule has 124 valence electrons. The molecule has 1 N–H and O–H groups in total. The summed E-state index contributed by atoms with van der Waals surface area (Å²) in [6.07, 6.45) is 3.11. The minimum atomic E-state index is -0.396. The summed E-state index contributed by atoms with van der Waals surface area (Å²) in [6, 6.07) is 14.4. The van der Waals surface area contributed by atoms with Crippen molar-refractivity contribution in [1.29, 1.82) is 0 Å². The van der Waals surface area contributed by atoms with Crippen molar-refractivity contribution in [2.75, 3.05) is 14.2 Å². The zero-order valence-corrected chi connectivity index (χ0v) is 14.1. The van der Waals surface area contributed by atoms with E-state index in [0.717, 1.165) is 5.56 Å². The first-order valence-corrected chi connectivity index (χ1v) is 7.49. The molecule has 0 atom stereocenters. The predicted octanol–water partition coefficient (Wildman–Crippen LogP) is 3.70. The van der Waals surface area contributed by atoms with Gasteiger partial charge in [0.1, 0.15) is 11.5 Å². The normalized spacial score (nSPS) is 11.4. The molecule has 0 unspecified atom stereocenters. The lowest BCUT2D eigenvalue weighted by Gasteiger charge is -2.07. The molecule has 0 saturated heterocycles. The van der Waals surface area contributed by atoms with Gasteiger partial charge < -0.3 is 9.47 Å². The number of nitrogens with one attached hydrogen (secondary N) is 1. The molecule has 0 radical (unpaired) electrons. The molecule has 5 nitrogen and oxygen atoms in total. The number of hydrazone groups is 1. The molecule has 0 aliphatic rings. The van der Waals surface area contributed by atoms with Crippen molar-refractivity contribution in [3.63, 3.8) is 0 Å². The van der Waals surface area contributed by atoms with Crippen LogP contribution in [0.4, 0.5) is 0 Å². The molecule has 0 aliphatic carbocycles. The Morgan fingerprint density at radius 1 is 1.08 bits per heavy atom. The summed E-state index contributed by atoms with van der Waals surface area (Å²) >= 11 is 6.06. The average Bonchev–Trinajstić information content (AvgIpc) is 2.61. The molecule has 0 bridgehead atoms. The lowest BCUT2D eigenvalue weighted by Crippen LogP contribution is -2.17. The zero-order valence-electron chi connectivity index (χ0n) is 13.3. The van der Waals surface area contributed by atoms with Gasteiger partial charge in [0.25, 0.3) is 5.91 Å². The van der Waals surface area contributed by atoms with E-state index in [2.05, 4.69) is 10.5 Å². The van der Waals surface area contributed by atoms with Gasteiger partial charge in [0.05, 0.1) is 25.5 Å². The Morgan fingerprint density at radius 3 is 2.29 bits per heavy atom. The van der Waals surface area contributed by atoms with Crippen molar-refractivity contribution in [3.05, 3.63) is 64.7 Å². The minimum absolute atomic E-state index is 0.367. The van der Waals surface area contributed by atoms with Gasteiger partial charge in [0.15, 0.2) is 0 Å². The van der Waals surface area contributed by atoms with Gasteiger partial charge in [-0.1, -0.05) is 41.9 Å². The van der Waals surface area contributed by atoms with Crippen LogP contribution < -0.4 is 14.9 Å². The maximum absolute atomic E-state index is 12.1. The van der Waals surface area contributed by atoms with Crippen molar-refractivity contribution in [2.45, 2.75) is 0 Å². The molecule has 0 fully saturated rings. The summed E-state index contributed by atoms with van der Waals surface area (Å²) in [5.41, 5.74) is 3.72. The topological polar surface area (TPSA) is 59.9 Å². The predicted molar refractivity (Wildman–Crippen MR) is 95.8 cm³/mol. The molecule has 24 heavy (non-hydrogen) atoms. The molecular weight excluding hydrogens is 328 g/mol. The quantitative estimate of drug-likeness (QED) is 0.642. The number of benzene rings is 2. The number of rotatable bonds is 6. The molecule has 1 amide bonds. The molecule has 0 spiro atoms. The highest BCUT2D eigenvalue weighted by molar-refractivity contribution is 6.41. The Labute approximate surface area is 145 Å².